The maximum Gasteiger partial charge on any atom is 0.0612 e. The third-order valence-electron chi connectivity index (χ3n) is 16.3. The van der Waals surface area contributed by atoms with E-state index >= 15 is 0 Å². The quantitative estimate of drug-likeness (QED) is 0.0565. The molecule has 4 aliphatic carbocycles. The molecule has 0 aromatic heterocycles. The molecule has 0 heterocycles. The van der Waals surface area contributed by atoms with Crippen molar-refractivity contribution in [1.29, 1.82) is 0 Å². The average Bonchev–Trinajstić information content (AvgIpc) is 3.59. The summed E-state index contributed by atoms with van der Waals surface area (Å²) in [5.74, 6) is 6.46. The Bertz CT molecular complexity index is 1080. The molecule has 0 aromatic rings. The summed E-state index contributed by atoms with van der Waals surface area (Å²) >= 11 is 0. The molecule has 0 saturated heterocycles. The van der Waals surface area contributed by atoms with Gasteiger partial charge in [-0.05, 0) is 149 Å². The molecule has 0 spiro atoms. The molecule has 3 fully saturated rings. The van der Waals surface area contributed by atoms with E-state index in [-0.39, 0.29) is 0 Å². The molecule has 4 rings (SSSR count). The molecule has 1 nitrogen and oxygen atoms in total. The first-order valence-corrected chi connectivity index (χ1v) is 26.8. The van der Waals surface area contributed by atoms with Crippen LogP contribution in [-0.4, -0.2) is 12.7 Å². The first-order valence-electron chi connectivity index (χ1n) is 26.8. The number of rotatable bonds is 28. The molecular formula is C57H106O. The summed E-state index contributed by atoms with van der Waals surface area (Å²) in [5, 5.41) is 0. The van der Waals surface area contributed by atoms with E-state index in [1.807, 2.05) is 27.7 Å². The molecule has 4 aliphatic rings. The van der Waals surface area contributed by atoms with E-state index in [4.69, 9.17) is 4.74 Å². The van der Waals surface area contributed by atoms with Crippen molar-refractivity contribution in [1.82, 2.24) is 0 Å². The fraction of sp³-hybridized carbons (Fsp3) is 0.895. The molecule has 58 heavy (non-hydrogen) atoms. The Morgan fingerprint density at radius 3 is 1.95 bits per heavy atom. The highest BCUT2D eigenvalue weighted by molar-refractivity contribution is 5.25. The first-order chi connectivity index (χ1) is 28.2. The molecule has 0 radical (unpaired) electrons. The molecular weight excluding hydrogens is 701 g/mol. The van der Waals surface area contributed by atoms with Crippen LogP contribution in [0.4, 0.5) is 0 Å². The van der Waals surface area contributed by atoms with Crippen LogP contribution >= 0.6 is 0 Å². The van der Waals surface area contributed by atoms with Gasteiger partial charge in [0, 0.05) is 6.61 Å². The van der Waals surface area contributed by atoms with Gasteiger partial charge in [0.2, 0.25) is 0 Å². The van der Waals surface area contributed by atoms with Gasteiger partial charge in [-0.1, -0.05) is 202 Å². The van der Waals surface area contributed by atoms with E-state index in [0.717, 1.165) is 54.5 Å². The molecule has 6 unspecified atom stereocenters. The van der Waals surface area contributed by atoms with Crippen molar-refractivity contribution in [2.24, 2.45) is 52.3 Å². The van der Waals surface area contributed by atoms with Crippen LogP contribution in [0.15, 0.2) is 36.0 Å². The summed E-state index contributed by atoms with van der Waals surface area (Å²) in [5.41, 5.74) is 2.84. The van der Waals surface area contributed by atoms with Gasteiger partial charge in [-0.3, -0.25) is 0 Å². The molecule has 340 valence electrons. The van der Waals surface area contributed by atoms with Gasteiger partial charge in [-0.2, -0.15) is 0 Å². The monoisotopic (exact) mass is 807 g/mol. The average molecular weight is 807 g/mol. The van der Waals surface area contributed by atoms with Crippen LogP contribution in [0.5, 0.6) is 0 Å². The summed E-state index contributed by atoms with van der Waals surface area (Å²) < 4.78 is 6.68. The SMILES string of the molecule is CC.CC.CCCCC/C=C\C/C=C\CCCCCCCCCCC(CC)CCCO[C@H]1CC[C@@]2(C)C(=CCC3C4CCC(C(C)CCCC(C)C)[C@@]4(C)CCC32)C1. The van der Waals surface area contributed by atoms with Crippen LogP contribution in [-0.2, 0) is 4.74 Å². The minimum absolute atomic E-state index is 0.445. The van der Waals surface area contributed by atoms with Crippen molar-refractivity contribution >= 4 is 0 Å². The van der Waals surface area contributed by atoms with E-state index in [9.17, 15) is 0 Å². The zero-order valence-corrected chi connectivity index (χ0v) is 41.6. The number of ether oxygens (including phenoxy) is 1. The minimum Gasteiger partial charge on any atom is -0.378 e. The van der Waals surface area contributed by atoms with Gasteiger partial charge < -0.3 is 4.74 Å². The van der Waals surface area contributed by atoms with Gasteiger partial charge in [0.15, 0.2) is 0 Å². The smallest absolute Gasteiger partial charge is 0.0612 e. The molecule has 0 aromatic carbocycles. The molecule has 1 heteroatoms. The van der Waals surface area contributed by atoms with Crippen LogP contribution in [0.1, 0.15) is 262 Å². The highest BCUT2D eigenvalue weighted by Crippen LogP contribution is 2.67. The predicted octanol–water partition coefficient (Wildman–Crippen LogP) is 19.3. The lowest BCUT2D eigenvalue weighted by Gasteiger charge is -2.58. The van der Waals surface area contributed by atoms with E-state index < -0.39 is 0 Å². The van der Waals surface area contributed by atoms with Crippen molar-refractivity contribution in [2.45, 2.75) is 268 Å². The largest absolute Gasteiger partial charge is 0.378 e. The fourth-order valence-electron chi connectivity index (χ4n) is 12.7. The van der Waals surface area contributed by atoms with E-state index in [0.29, 0.717) is 16.9 Å². The number of fused-ring (bicyclic) bond motifs is 5. The fourth-order valence-corrected chi connectivity index (χ4v) is 12.7. The topological polar surface area (TPSA) is 9.23 Å². The van der Waals surface area contributed by atoms with Gasteiger partial charge in [-0.15, -0.1) is 0 Å². The van der Waals surface area contributed by atoms with Gasteiger partial charge in [0.1, 0.15) is 0 Å². The van der Waals surface area contributed by atoms with Crippen molar-refractivity contribution in [3.63, 3.8) is 0 Å². The number of allylic oxidation sites excluding steroid dienone is 5. The maximum atomic E-state index is 6.68. The first kappa shape index (κ1) is 53.3. The third-order valence-corrected chi connectivity index (χ3v) is 16.3. The molecule has 0 aliphatic heterocycles. The summed E-state index contributed by atoms with van der Waals surface area (Å²) in [6.45, 7) is 26.5. The normalized spacial score (nSPS) is 28.9. The lowest BCUT2D eigenvalue weighted by Crippen LogP contribution is -2.51. The molecule has 9 atom stereocenters. The highest BCUT2D eigenvalue weighted by atomic mass is 16.5. The van der Waals surface area contributed by atoms with Crippen molar-refractivity contribution in [2.75, 3.05) is 6.61 Å². The maximum absolute atomic E-state index is 6.68. The summed E-state index contributed by atoms with van der Waals surface area (Å²) in [6.07, 6.45) is 52.8. The second kappa shape index (κ2) is 31.1. The van der Waals surface area contributed by atoms with E-state index in [2.05, 4.69) is 78.8 Å². The summed E-state index contributed by atoms with van der Waals surface area (Å²) in [6, 6.07) is 0. The van der Waals surface area contributed by atoms with Gasteiger partial charge in [-0.25, -0.2) is 0 Å². The summed E-state index contributed by atoms with van der Waals surface area (Å²) in [4.78, 5) is 0. The molecule has 0 amide bonds. The van der Waals surface area contributed by atoms with Gasteiger partial charge >= 0.3 is 0 Å². The predicted molar refractivity (Wildman–Crippen MR) is 262 cm³/mol. The highest BCUT2D eigenvalue weighted by Gasteiger charge is 2.59. The second-order valence-electron chi connectivity index (χ2n) is 20.5. The van der Waals surface area contributed by atoms with Gasteiger partial charge in [0.25, 0.3) is 0 Å². The van der Waals surface area contributed by atoms with Crippen molar-refractivity contribution < 1.29 is 4.74 Å². The van der Waals surface area contributed by atoms with Crippen LogP contribution in [0.2, 0.25) is 0 Å². The Balaban J connectivity index is 0.00000281. The van der Waals surface area contributed by atoms with E-state index in [1.54, 1.807) is 5.57 Å². The zero-order chi connectivity index (χ0) is 42.7. The second-order valence-corrected chi connectivity index (χ2v) is 20.5. The molecule has 0 bridgehead atoms. The van der Waals surface area contributed by atoms with Gasteiger partial charge in [0.05, 0.1) is 6.10 Å². The van der Waals surface area contributed by atoms with Crippen LogP contribution in [0.25, 0.3) is 0 Å². The number of hydrogen-bond acceptors (Lipinski definition) is 1. The van der Waals surface area contributed by atoms with E-state index in [1.165, 1.54) is 180 Å². The lowest BCUT2D eigenvalue weighted by molar-refractivity contribution is -0.0642. The Hall–Kier alpha value is -0.820. The Morgan fingerprint density at radius 2 is 1.29 bits per heavy atom. The number of unbranched alkanes of at least 4 members (excludes halogenated alkanes) is 11. The third kappa shape index (κ3) is 17.5. The lowest BCUT2D eigenvalue weighted by atomic mass is 9.47. The Labute approximate surface area is 366 Å². The van der Waals surface area contributed by atoms with Crippen LogP contribution in [0, 0.1) is 52.3 Å². The molecule has 3 saturated carbocycles. The van der Waals surface area contributed by atoms with Crippen molar-refractivity contribution in [3.8, 4) is 0 Å². The Morgan fingerprint density at radius 1 is 0.655 bits per heavy atom. The standard InChI is InChI=1S/C53H94O.2C2H6/c1-8-10-11-12-13-14-15-16-17-18-19-20-21-22-23-24-25-26-31-45(9-2)32-28-41-54-47-37-39-52(6)46(42-47)33-34-48-50-36-35-49(44(5)30-27-29-43(3)4)53(50,7)40-38-51(48)52;2*1-2/h13-14,16-17,33,43-45,47-51H,8-12,15,18-32,34-42H2,1-7H3;2*1-2H3/b14-13-,17-16-;;/t44?,45?,47-,48?,49?,50?,51?,52-,53+;;/m0../s1. The minimum atomic E-state index is 0.445. The Kier molecular flexibility index (Phi) is 28.6. The zero-order valence-electron chi connectivity index (χ0n) is 41.6. The molecule has 0 N–H and O–H groups in total. The summed E-state index contributed by atoms with van der Waals surface area (Å²) in [7, 11) is 0. The van der Waals surface area contributed by atoms with Crippen LogP contribution < -0.4 is 0 Å². The van der Waals surface area contributed by atoms with Crippen LogP contribution in [0.3, 0.4) is 0 Å². The number of hydrogen-bond donors (Lipinski definition) is 0. The van der Waals surface area contributed by atoms with Crippen molar-refractivity contribution in [3.05, 3.63) is 36.0 Å².